The standard InChI is InChI=1S/C33H37N5O5/c1-32(35-29(39)21-15-23-22-10-6-11-24-28(22)20(17-34-24)16-25(23)36(2)18-21)31(41)38-26(14-19-8-4-3-5-9-19)30(40)37-13-7-12-27(37)33(38,42)43-32/h3-6,8-11,17,21,23,25-27,34,42H,7,12-16,18H2,1-2H3,(H,35,39)/p+1/t21-,23-,25+,26-,27-,32-,33+/m1/s1. The first-order valence-electron chi connectivity index (χ1n) is 15.5. The lowest BCUT2D eigenvalue weighted by Crippen LogP contribution is -3.16. The van der Waals surface area contributed by atoms with Gasteiger partial charge in [0.2, 0.25) is 17.5 Å². The summed E-state index contributed by atoms with van der Waals surface area (Å²) in [7, 11) is 2.14. The fourth-order valence-corrected chi connectivity index (χ4v) is 8.81. The van der Waals surface area contributed by atoms with Gasteiger partial charge in [0, 0.05) is 42.4 Å². The molecule has 224 valence electrons. The highest BCUT2D eigenvalue weighted by atomic mass is 16.7. The fraction of sp³-hybridized carbons (Fsp3) is 0.485. The largest absolute Gasteiger partial charge is 0.361 e. The lowest BCUT2D eigenvalue weighted by Gasteiger charge is -2.48. The third-order valence-corrected chi connectivity index (χ3v) is 10.8. The van der Waals surface area contributed by atoms with Crippen molar-refractivity contribution in [1.82, 2.24) is 20.1 Å². The molecule has 4 N–H and O–H groups in total. The van der Waals surface area contributed by atoms with E-state index in [2.05, 4.69) is 41.7 Å². The van der Waals surface area contributed by atoms with E-state index in [0.717, 1.165) is 17.5 Å². The first kappa shape index (κ1) is 26.9. The molecule has 0 spiro atoms. The van der Waals surface area contributed by atoms with E-state index < -0.39 is 29.6 Å². The monoisotopic (exact) mass is 584 g/mol. The molecule has 8 atom stereocenters. The van der Waals surface area contributed by atoms with E-state index in [1.807, 2.05) is 30.3 Å². The molecule has 4 saturated heterocycles. The number of aliphatic hydroxyl groups is 1. The number of piperidine rings is 1. The number of hydrogen-bond acceptors (Lipinski definition) is 5. The summed E-state index contributed by atoms with van der Waals surface area (Å²) in [6, 6.07) is 14.6. The van der Waals surface area contributed by atoms with Crippen LogP contribution in [0.1, 0.15) is 48.8 Å². The normalized spacial score (nSPS) is 36.4. The lowest BCUT2D eigenvalue weighted by atomic mass is 9.72. The van der Waals surface area contributed by atoms with Crippen LogP contribution in [0.15, 0.2) is 54.7 Å². The van der Waals surface area contributed by atoms with Gasteiger partial charge < -0.3 is 25.2 Å². The number of likely N-dealkylation sites (tertiary alicyclic amines) is 1. The molecule has 2 aromatic carbocycles. The molecule has 1 aromatic heterocycles. The van der Waals surface area contributed by atoms with Crippen molar-refractivity contribution in [2.24, 2.45) is 5.92 Å². The molecule has 3 amide bonds. The number of hydrogen-bond donors (Lipinski definition) is 4. The van der Waals surface area contributed by atoms with Crippen LogP contribution in [0, 0.1) is 5.92 Å². The van der Waals surface area contributed by atoms with Crippen molar-refractivity contribution < 1.29 is 29.1 Å². The second kappa shape index (κ2) is 9.38. The molecule has 0 saturated carbocycles. The zero-order chi connectivity index (χ0) is 29.7. The van der Waals surface area contributed by atoms with Gasteiger partial charge in [-0.05, 0) is 48.9 Å². The second-order valence-corrected chi connectivity index (χ2v) is 13.3. The van der Waals surface area contributed by atoms with Crippen LogP contribution in [-0.2, 0) is 32.0 Å². The number of amides is 3. The highest BCUT2D eigenvalue weighted by Crippen LogP contribution is 2.46. The molecule has 5 aliphatic rings. The van der Waals surface area contributed by atoms with Crippen LogP contribution in [0.2, 0.25) is 0 Å². The Bertz CT molecular complexity index is 1640. The van der Waals surface area contributed by atoms with Gasteiger partial charge in [-0.2, -0.15) is 0 Å². The first-order chi connectivity index (χ1) is 20.7. The van der Waals surface area contributed by atoms with Gasteiger partial charge in [0.15, 0.2) is 0 Å². The highest BCUT2D eigenvalue weighted by Gasteiger charge is 2.70. The van der Waals surface area contributed by atoms with Crippen molar-refractivity contribution in [2.45, 2.75) is 74.7 Å². The Labute approximate surface area is 250 Å². The third kappa shape index (κ3) is 3.86. The summed E-state index contributed by atoms with van der Waals surface area (Å²) in [6.07, 6.45) is 5.21. The van der Waals surface area contributed by atoms with E-state index in [1.165, 1.54) is 33.2 Å². The molecule has 8 rings (SSSR count). The Morgan fingerprint density at radius 3 is 2.81 bits per heavy atom. The summed E-state index contributed by atoms with van der Waals surface area (Å²) in [5.74, 6) is -3.20. The number of aromatic amines is 1. The lowest BCUT2D eigenvalue weighted by molar-refractivity contribution is -0.915. The summed E-state index contributed by atoms with van der Waals surface area (Å²) >= 11 is 0. The zero-order valence-corrected chi connectivity index (χ0v) is 24.5. The number of ether oxygens (including phenoxy) is 1. The van der Waals surface area contributed by atoms with Gasteiger partial charge in [-0.1, -0.05) is 42.5 Å². The van der Waals surface area contributed by atoms with E-state index in [0.29, 0.717) is 38.4 Å². The molecule has 1 aliphatic carbocycles. The van der Waals surface area contributed by atoms with Gasteiger partial charge in [0.1, 0.15) is 12.1 Å². The molecule has 10 heteroatoms. The summed E-state index contributed by atoms with van der Waals surface area (Å²) in [5, 5.41) is 16.3. The number of aromatic nitrogens is 1. The van der Waals surface area contributed by atoms with E-state index in [4.69, 9.17) is 4.74 Å². The molecule has 3 aromatic rings. The van der Waals surface area contributed by atoms with Crippen LogP contribution in [0.4, 0.5) is 0 Å². The number of nitrogens with zero attached hydrogens (tertiary/aromatic N) is 2. The Kier molecular flexibility index (Phi) is 5.86. The van der Waals surface area contributed by atoms with Crippen LogP contribution in [0.25, 0.3) is 10.9 Å². The number of rotatable bonds is 4. The molecule has 4 fully saturated rings. The molecule has 43 heavy (non-hydrogen) atoms. The smallest absolute Gasteiger partial charge is 0.280 e. The summed E-state index contributed by atoms with van der Waals surface area (Å²) < 4.78 is 6.26. The van der Waals surface area contributed by atoms with Crippen molar-refractivity contribution in [2.75, 3.05) is 20.1 Å². The van der Waals surface area contributed by atoms with Crippen LogP contribution >= 0.6 is 0 Å². The van der Waals surface area contributed by atoms with Gasteiger partial charge >= 0.3 is 0 Å². The van der Waals surface area contributed by atoms with Gasteiger partial charge in [-0.15, -0.1) is 0 Å². The third-order valence-electron chi connectivity index (χ3n) is 10.8. The summed E-state index contributed by atoms with van der Waals surface area (Å²) in [6.45, 7) is 2.65. The number of benzene rings is 2. The van der Waals surface area contributed by atoms with Gasteiger partial charge in [0.25, 0.3) is 11.8 Å². The SMILES string of the molecule is C[NH+]1C[C@H](C(=O)N[C@]2(C)O[C@@]3(O)[C@H]4CCCN4C(=O)[C@@H](Cc4ccccc4)N3C2=O)C[C@@H]2c3cccc4[nH]cc(c34)C[C@@H]21. The van der Waals surface area contributed by atoms with Crippen molar-refractivity contribution in [3.05, 3.63) is 71.4 Å². The second-order valence-electron chi connectivity index (χ2n) is 13.3. The van der Waals surface area contributed by atoms with Crippen molar-refractivity contribution in [3.63, 3.8) is 0 Å². The zero-order valence-electron chi connectivity index (χ0n) is 24.5. The van der Waals surface area contributed by atoms with Gasteiger partial charge in [0.05, 0.1) is 25.6 Å². The molecule has 5 heterocycles. The molecular weight excluding hydrogens is 546 g/mol. The molecule has 10 nitrogen and oxygen atoms in total. The quantitative estimate of drug-likeness (QED) is 0.360. The van der Waals surface area contributed by atoms with Crippen molar-refractivity contribution in [3.8, 4) is 0 Å². The van der Waals surface area contributed by atoms with Crippen LogP contribution in [-0.4, -0.2) is 87.5 Å². The summed E-state index contributed by atoms with van der Waals surface area (Å²) in [5.41, 5.74) is 2.80. The number of carbonyl (C=O) groups is 3. The maximum Gasteiger partial charge on any atom is 0.280 e. The van der Waals surface area contributed by atoms with E-state index in [-0.39, 0.29) is 30.1 Å². The Hall–Kier alpha value is -3.73. The summed E-state index contributed by atoms with van der Waals surface area (Å²) in [4.78, 5) is 49.5. The number of carbonyl (C=O) groups excluding carboxylic acids is 3. The van der Waals surface area contributed by atoms with Gasteiger partial charge in [-0.3, -0.25) is 24.0 Å². The molecule has 0 radical (unpaired) electrons. The topological polar surface area (TPSA) is 119 Å². The Morgan fingerprint density at radius 1 is 1.19 bits per heavy atom. The number of quaternary nitrogens is 1. The highest BCUT2D eigenvalue weighted by molar-refractivity contribution is 5.97. The molecule has 1 unspecified atom stereocenters. The van der Waals surface area contributed by atoms with Crippen LogP contribution in [0.5, 0.6) is 0 Å². The first-order valence-corrected chi connectivity index (χ1v) is 15.5. The molecular formula is C33H38N5O5+. The van der Waals surface area contributed by atoms with Crippen molar-refractivity contribution in [1.29, 1.82) is 0 Å². The minimum absolute atomic E-state index is 0.192. The number of H-pyrrole nitrogens is 1. The molecule has 0 bridgehead atoms. The number of likely N-dealkylation sites (N-methyl/N-ethyl adjacent to an activating group) is 1. The van der Waals surface area contributed by atoms with Crippen molar-refractivity contribution >= 4 is 28.6 Å². The van der Waals surface area contributed by atoms with Crippen LogP contribution in [0.3, 0.4) is 0 Å². The maximum atomic E-state index is 14.2. The van der Waals surface area contributed by atoms with E-state index in [9.17, 15) is 19.5 Å². The van der Waals surface area contributed by atoms with Gasteiger partial charge in [-0.25, -0.2) is 0 Å². The minimum Gasteiger partial charge on any atom is -0.361 e. The fourth-order valence-electron chi connectivity index (χ4n) is 8.81. The van der Waals surface area contributed by atoms with E-state index >= 15 is 0 Å². The Balaban J connectivity index is 1.08. The number of nitrogens with one attached hydrogen (secondary N) is 3. The van der Waals surface area contributed by atoms with Crippen LogP contribution < -0.4 is 10.2 Å². The Morgan fingerprint density at radius 2 is 2.00 bits per heavy atom. The number of fused-ring (bicyclic) bond motifs is 5. The predicted octanol–water partition coefficient (Wildman–Crippen LogP) is 0.664. The maximum absolute atomic E-state index is 14.2. The predicted molar refractivity (Wildman–Crippen MR) is 156 cm³/mol. The molecule has 4 aliphatic heterocycles. The average Bonchev–Trinajstić information content (AvgIpc) is 3.70. The van der Waals surface area contributed by atoms with E-state index in [1.54, 1.807) is 4.90 Å². The number of piperazine rings is 1. The average molecular weight is 585 g/mol. The minimum atomic E-state index is -2.02.